The molecule has 0 aliphatic heterocycles. The molecule has 0 atom stereocenters. The maximum atomic E-state index is 11.5. The summed E-state index contributed by atoms with van der Waals surface area (Å²) in [7, 11) is 1.32. The van der Waals surface area contributed by atoms with Crippen LogP contribution >= 0.6 is 27.3 Å². The van der Waals surface area contributed by atoms with Crippen molar-refractivity contribution in [2.24, 2.45) is 0 Å². The van der Waals surface area contributed by atoms with E-state index in [2.05, 4.69) is 25.7 Å². The van der Waals surface area contributed by atoms with Gasteiger partial charge in [-0.15, -0.1) is 11.3 Å². The molecule has 0 fully saturated rings. The van der Waals surface area contributed by atoms with Crippen molar-refractivity contribution in [3.63, 3.8) is 0 Å². The molecular weight excluding hydrogens is 318 g/mol. The van der Waals surface area contributed by atoms with Crippen LogP contribution in [0.2, 0.25) is 0 Å². The normalized spacial score (nSPS) is 10.1. The standard InChI is InChI=1S/C12H10BrNO3S/c1-16-12(15)11-9(3-2-6-14-11)17-7-8-4-5-10(13)18-8/h2-6H,7H2,1H3. The van der Waals surface area contributed by atoms with Crippen molar-refractivity contribution in [3.8, 4) is 5.75 Å². The van der Waals surface area contributed by atoms with Gasteiger partial charge in [0, 0.05) is 11.1 Å². The lowest BCUT2D eigenvalue weighted by molar-refractivity contribution is 0.0588. The Morgan fingerprint density at radius 1 is 1.44 bits per heavy atom. The summed E-state index contributed by atoms with van der Waals surface area (Å²) in [5.74, 6) is -0.0770. The Bertz CT molecular complexity index is 556. The molecule has 2 aromatic heterocycles. The van der Waals surface area contributed by atoms with Gasteiger partial charge in [0.2, 0.25) is 0 Å². The number of carbonyl (C=O) groups is 1. The van der Waals surface area contributed by atoms with Crippen LogP contribution < -0.4 is 4.74 Å². The molecule has 0 amide bonds. The molecule has 0 aromatic carbocycles. The van der Waals surface area contributed by atoms with Gasteiger partial charge in [-0.25, -0.2) is 9.78 Å². The molecule has 0 N–H and O–H groups in total. The van der Waals surface area contributed by atoms with Gasteiger partial charge >= 0.3 is 5.97 Å². The number of rotatable bonds is 4. The lowest BCUT2D eigenvalue weighted by Crippen LogP contribution is -2.07. The highest BCUT2D eigenvalue weighted by molar-refractivity contribution is 9.11. The van der Waals surface area contributed by atoms with Crippen molar-refractivity contribution in [2.75, 3.05) is 7.11 Å². The van der Waals surface area contributed by atoms with Gasteiger partial charge in [0.05, 0.1) is 10.9 Å². The highest BCUT2D eigenvalue weighted by atomic mass is 79.9. The van der Waals surface area contributed by atoms with Crippen LogP contribution in [0.4, 0.5) is 0 Å². The number of hydrogen-bond donors (Lipinski definition) is 0. The molecule has 0 bridgehead atoms. The fourth-order valence-corrected chi connectivity index (χ4v) is 2.73. The number of methoxy groups -OCH3 is 1. The summed E-state index contributed by atoms with van der Waals surface area (Å²) in [6.45, 7) is 0.395. The van der Waals surface area contributed by atoms with E-state index >= 15 is 0 Å². The maximum absolute atomic E-state index is 11.5. The average molecular weight is 328 g/mol. The molecule has 18 heavy (non-hydrogen) atoms. The Hall–Kier alpha value is -1.40. The van der Waals surface area contributed by atoms with E-state index in [1.165, 1.54) is 13.3 Å². The number of thiophene rings is 1. The Labute approximate surface area is 117 Å². The van der Waals surface area contributed by atoms with E-state index in [1.807, 2.05) is 12.1 Å². The van der Waals surface area contributed by atoms with Crippen LogP contribution in [0.5, 0.6) is 5.75 Å². The van der Waals surface area contributed by atoms with Crippen molar-refractivity contribution < 1.29 is 14.3 Å². The quantitative estimate of drug-likeness (QED) is 0.808. The van der Waals surface area contributed by atoms with Crippen molar-refractivity contribution in [1.82, 2.24) is 4.98 Å². The molecule has 0 radical (unpaired) electrons. The first kappa shape index (κ1) is 13.0. The fourth-order valence-electron chi connectivity index (χ4n) is 1.34. The summed E-state index contributed by atoms with van der Waals surface area (Å²) in [5.41, 5.74) is 0.190. The topological polar surface area (TPSA) is 48.4 Å². The van der Waals surface area contributed by atoms with Crippen molar-refractivity contribution in [3.05, 3.63) is 44.8 Å². The number of halogens is 1. The van der Waals surface area contributed by atoms with E-state index in [9.17, 15) is 4.79 Å². The smallest absolute Gasteiger partial charge is 0.360 e. The molecule has 4 nitrogen and oxygen atoms in total. The number of aromatic nitrogens is 1. The van der Waals surface area contributed by atoms with Gasteiger partial charge in [-0.05, 0) is 40.2 Å². The summed E-state index contributed by atoms with van der Waals surface area (Å²) >= 11 is 4.97. The molecular formula is C12H10BrNO3S. The van der Waals surface area contributed by atoms with E-state index in [-0.39, 0.29) is 5.69 Å². The largest absolute Gasteiger partial charge is 0.486 e. The van der Waals surface area contributed by atoms with Gasteiger partial charge in [-0.1, -0.05) is 0 Å². The predicted octanol–water partition coefficient (Wildman–Crippen LogP) is 3.27. The van der Waals surface area contributed by atoms with Crippen LogP contribution in [-0.2, 0) is 11.3 Å². The van der Waals surface area contributed by atoms with Crippen LogP contribution in [0.1, 0.15) is 15.4 Å². The summed E-state index contributed by atoms with van der Waals surface area (Å²) in [5, 5.41) is 0. The third-order valence-corrected chi connectivity index (χ3v) is 3.75. The van der Waals surface area contributed by atoms with Crippen LogP contribution in [0.25, 0.3) is 0 Å². The monoisotopic (exact) mass is 327 g/mol. The van der Waals surface area contributed by atoms with E-state index in [1.54, 1.807) is 23.5 Å². The molecule has 0 spiro atoms. The van der Waals surface area contributed by atoms with Crippen LogP contribution in [0.3, 0.4) is 0 Å². The second-order valence-electron chi connectivity index (χ2n) is 3.34. The average Bonchev–Trinajstić information content (AvgIpc) is 2.81. The van der Waals surface area contributed by atoms with E-state index in [4.69, 9.17) is 4.74 Å². The molecule has 0 aliphatic rings. The number of pyridine rings is 1. The molecule has 0 saturated carbocycles. The highest BCUT2D eigenvalue weighted by Gasteiger charge is 2.14. The minimum Gasteiger partial charge on any atom is -0.486 e. The van der Waals surface area contributed by atoms with Gasteiger partial charge in [0.1, 0.15) is 6.61 Å². The van der Waals surface area contributed by atoms with Crippen molar-refractivity contribution in [2.45, 2.75) is 6.61 Å². The third-order valence-electron chi connectivity index (χ3n) is 2.15. The lowest BCUT2D eigenvalue weighted by atomic mass is 10.3. The minimum absolute atomic E-state index is 0.190. The fraction of sp³-hybridized carbons (Fsp3) is 0.167. The Morgan fingerprint density at radius 2 is 2.28 bits per heavy atom. The van der Waals surface area contributed by atoms with Crippen LogP contribution in [0.15, 0.2) is 34.2 Å². The van der Waals surface area contributed by atoms with Gasteiger partial charge in [0.25, 0.3) is 0 Å². The van der Waals surface area contributed by atoms with Crippen LogP contribution in [-0.4, -0.2) is 18.1 Å². The van der Waals surface area contributed by atoms with Crippen molar-refractivity contribution in [1.29, 1.82) is 0 Å². The van der Waals surface area contributed by atoms with Gasteiger partial charge in [0.15, 0.2) is 11.4 Å². The number of esters is 1. The molecule has 0 unspecified atom stereocenters. The Morgan fingerprint density at radius 3 is 2.94 bits per heavy atom. The molecule has 6 heteroatoms. The van der Waals surface area contributed by atoms with Crippen molar-refractivity contribution >= 4 is 33.2 Å². The zero-order chi connectivity index (χ0) is 13.0. The van der Waals surface area contributed by atoms with Gasteiger partial charge in [-0.2, -0.15) is 0 Å². The summed E-state index contributed by atoms with van der Waals surface area (Å²) < 4.78 is 11.3. The third kappa shape index (κ3) is 3.08. The minimum atomic E-state index is -0.502. The number of ether oxygens (including phenoxy) is 2. The lowest BCUT2D eigenvalue weighted by Gasteiger charge is -2.07. The zero-order valence-electron chi connectivity index (χ0n) is 9.55. The second-order valence-corrected chi connectivity index (χ2v) is 5.88. The van der Waals surface area contributed by atoms with Gasteiger partial charge in [-0.3, -0.25) is 0 Å². The maximum Gasteiger partial charge on any atom is 0.360 e. The number of hydrogen-bond acceptors (Lipinski definition) is 5. The van der Waals surface area contributed by atoms with E-state index < -0.39 is 5.97 Å². The predicted molar refractivity (Wildman–Crippen MR) is 71.9 cm³/mol. The molecule has 94 valence electrons. The van der Waals surface area contributed by atoms with E-state index in [0.717, 1.165) is 8.66 Å². The van der Waals surface area contributed by atoms with E-state index in [0.29, 0.717) is 12.4 Å². The van der Waals surface area contributed by atoms with Gasteiger partial charge < -0.3 is 9.47 Å². The molecule has 2 aromatic rings. The first-order valence-corrected chi connectivity index (χ1v) is 6.72. The molecule has 0 aliphatic carbocycles. The summed E-state index contributed by atoms with van der Waals surface area (Å²) in [6, 6.07) is 7.32. The van der Waals surface area contributed by atoms with Crippen LogP contribution in [0, 0.1) is 0 Å². The first-order chi connectivity index (χ1) is 8.70. The second kappa shape index (κ2) is 5.97. The molecule has 0 saturated heterocycles. The summed E-state index contributed by atoms with van der Waals surface area (Å²) in [6.07, 6.45) is 1.53. The first-order valence-electron chi connectivity index (χ1n) is 5.11. The highest BCUT2D eigenvalue weighted by Crippen LogP contribution is 2.24. The summed E-state index contributed by atoms with van der Waals surface area (Å²) in [4.78, 5) is 16.5. The SMILES string of the molecule is COC(=O)c1ncccc1OCc1ccc(Br)s1. The molecule has 2 rings (SSSR count). The molecule has 2 heterocycles. The Balaban J connectivity index is 2.11. The number of nitrogens with zero attached hydrogens (tertiary/aromatic N) is 1. The Kier molecular flexibility index (Phi) is 4.33. The zero-order valence-corrected chi connectivity index (χ0v) is 12.0. The number of carbonyl (C=O) groups excluding carboxylic acids is 1.